The maximum atomic E-state index is 12.9. The summed E-state index contributed by atoms with van der Waals surface area (Å²) >= 11 is 0. The van der Waals surface area contributed by atoms with Gasteiger partial charge in [-0.15, -0.1) is 0 Å². The van der Waals surface area contributed by atoms with Gasteiger partial charge in [-0.1, -0.05) is 30.3 Å². The zero-order valence-corrected chi connectivity index (χ0v) is 16.1. The summed E-state index contributed by atoms with van der Waals surface area (Å²) in [6.07, 6.45) is 2.56. The quantitative estimate of drug-likeness (QED) is 0.755. The molecule has 0 unspecified atom stereocenters. The van der Waals surface area contributed by atoms with Crippen molar-refractivity contribution >= 4 is 11.9 Å². The van der Waals surface area contributed by atoms with Crippen molar-refractivity contribution in [3.05, 3.63) is 35.9 Å². The second-order valence-corrected chi connectivity index (χ2v) is 7.56. The van der Waals surface area contributed by atoms with E-state index in [-0.39, 0.29) is 30.2 Å². The van der Waals surface area contributed by atoms with Gasteiger partial charge in [-0.05, 0) is 38.2 Å². The van der Waals surface area contributed by atoms with E-state index in [2.05, 4.69) is 5.48 Å². The van der Waals surface area contributed by atoms with E-state index in [4.69, 9.17) is 14.4 Å². The summed E-state index contributed by atoms with van der Waals surface area (Å²) in [5.41, 5.74) is 3.56. The SMILES string of the molecule is C[C@H](ON1C(=O)N2C[C@@H]1CC[C@H]2C(=O)NOC1CCOCC1)c1ccccc1. The van der Waals surface area contributed by atoms with Crippen LogP contribution in [-0.4, -0.2) is 59.8 Å². The predicted molar refractivity (Wildman–Crippen MR) is 99.8 cm³/mol. The molecule has 3 saturated heterocycles. The van der Waals surface area contributed by atoms with Gasteiger partial charge in [-0.2, -0.15) is 5.06 Å². The Labute approximate surface area is 164 Å². The maximum absolute atomic E-state index is 12.9. The van der Waals surface area contributed by atoms with Gasteiger partial charge in [0.05, 0.1) is 12.1 Å². The number of hydrogen-bond donors (Lipinski definition) is 1. The predicted octanol–water partition coefficient (Wildman–Crippen LogP) is 2.17. The number of nitrogens with zero attached hydrogens (tertiary/aromatic N) is 2. The fourth-order valence-corrected chi connectivity index (χ4v) is 4.00. The van der Waals surface area contributed by atoms with Crippen LogP contribution in [0.3, 0.4) is 0 Å². The molecule has 3 aliphatic heterocycles. The lowest BCUT2D eigenvalue weighted by atomic mass is 10.0. The second-order valence-electron chi connectivity index (χ2n) is 7.56. The van der Waals surface area contributed by atoms with Crippen LogP contribution in [0.4, 0.5) is 4.79 Å². The number of piperidine rings is 1. The van der Waals surface area contributed by atoms with Crippen LogP contribution in [0, 0.1) is 0 Å². The molecule has 0 saturated carbocycles. The average Bonchev–Trinajstić information content (AvgIpc) is 2.98. The highest BCUT2D eigenvalue weighted by Crippen LogP contribution is 2.32. The molecular formula is C20H27N3O5. The number of carbonyl (C=O) groups excluding carboxylic acids is 2. The van der Waals surface area contributed by atoms with Crippen molar-refractivity contribution in [1.29, 1.82) is 0 Å². The number of amides is 3. The second kappa shape index (κ2) is 8.46. The molecule has 28 heavy (non-hydrogen) atoms. The number of hydrogen-bond acceptors (Lipinski definition) is 5. The third-order valence-electron chi connectivity index (χ3n) is 5.66. The number of urea groups is 1. The Balaban J connectivity index is 1.34. The van der Waals surface area contributed by atoms with Crippen LogP contribution in [0.5, 0.6) is 0 Å². The van der Waals surface area contributed by atoms with Gasteiger partial charge in [0.1, 0.15) is 12.1 Å². The smallest absolute Gasteiger partial charge is 0.345 e. The van der Waals surface area contributed by atoms with Crippen molar-refractivity contribution in [2.24, 2.45) is 0 Å². The molecule has 3 fully saturated rings. The first-order valence-electron chi connectivity index (χ1n) is 9.98. The Hall–Kier alpha value is -2.16. The minimum Gasteiger partial charge on any atom is -0.381 e. The molecule has 0 aliphatic carbocycles. The van der Waals surface area contributed by atoms with Crippen LogP contribution in [0.25, 0.3) is 0 Å². The van der Waals surface area contributed by atoms with Gasteiger partial charge in [-0.3, -0.25) is 14.5 Å². The minimum absolute atomic E-state index is 0.0286. The highest BCUT2D eigenvalue weighted by Gasteiger charge is 2.48. The molecule has 152 valence electrons. The molecule has 2 bridgehead atoms. The molecule has 8 heteroatoms. The summed E-state index contributed by atoms with van der Waals surface area (Å²) in [5.74, 6) is -0.267. The molecule has 8 nitrogen and oxygen atoms in total. The molecule has 1 N–H and O–H groups in total. The number of nitrogens with one attached hydrogen (secondary N) is 1. The summed E-state index contributed by atoms with van der Waals surface area (Å²) < 4.78 is 5.29. The lowest BCUT2D eigenvalue weighted by Gasteiger charge is -2.30. The van der Waals surface area contributed by atoms with Gasteiger partial charge in [0.2, 0.25) is 0 Å². The summed E-state index contributed by atoms with van der Waals surface area (Å²) in [7, 11) is 0. The zero-order chi connectivity index (χ0) is 19.5. The van der Waals surface area contributed by atoms with Crippen LogP contribution >= 0.6 is 0 Å². The Kier molecular flexibility index (Phi) is 5.79. The van der Waals surface area contributed by atoms with E-state index in [0.29, 0.717) is 26.2 Å². The van der Waals surface area contributed by atoms with E-state index in [1.807, 2.05) is 37.3 Å². The van der Waals surface area contributed by atoms with Crippen LogP contribution in [0.15, 0.2) is 30.3 Å². The maximum Gasteiger partial charge on any atom is 0.345 e. The third-order valence-corrected chi connectivity index (χ3v) is 5.66. The van der Waals surface area contributed by atoms with Gasteiger partial charge in [0, 0.05) is 19.8 Å². The Morgan fingerprint density at radius 3 is 2.68 bits per heavy atom. The molecule has 3 heterocycles. The first-order valence-corrected chi connectivity index (χ1v) is 9.98. The Morgan fingerprint density at radius 2 is 1.93 bits per heavy atom. The van der Waals surface area contributed by atoms with Crippen LogP contribution < -0.4 is 5.48 Å². The van der Waals surface area contributed by atoms with Gasteiger partial charge >= 0.3 is 6.03 Å². The number of ether oxygens (including phenoxy) is 1. The fourth-order valence-electron chi connectivity index (χ4n) is 4.00. The van der Waals surface area contributed by atoms with Crippen molar-refractivity contribution < 1.29 is 24.0 Å². The van der Waals surface area contributed by atoms with E-state index in [9.17, 15) is 9.59 Å². The summed E-state index contributed by atoms with van der Waals surface area (Å²) in [6.45, 7) is 3.70. The van der Waals surface area contributed by atoms with Crippen molar-refractivity contribution in [2.75, 3.05) is 19.8 Å². The van der Waals surface area contributed by atoms with E-state index in [1.54, 1.807) is 4.90 Å². The molecule has 0 spiro atoms. The summed E-state index contributed by atoms with van der Waals surface area (Å²) in [6, 6.07) is 8.98. The van der Waals surface area contributed by atoms with Crippen LogP contribution in [0.1, 0.15) is 44.3 Å². The average molecular weight is 389 g/mol. The van der Waals surface area contributed by atoms with Gasteiger partial charge < -0.3 is 9.64 Å². The first kappa shape index (κ1) is 19.2. The lowest BCUT2D eigenvalue weighted by molar-refractivity contribution is -0.168. The van der Waals surface area contributed by atoms with Gasteiger partial charge in [-0.25, -0.2) is 10.3 Å². The topological polar surface area (TPSA) is 80.3 Å². The lowest BCUT2D eigenvalue weighted by Crippen LogP contribution is -2.50. The number of fused-ring (bicyclic) bond motifs is 2. The fraction of sp³-hybridized carbons (Fsp3) is 0.600. The van der Waals surface area contributed by atoms with Gasteiger partial charge in [0.25, 0.3) is 5.91 Å². The molecule has 4 rings (SSSR count). The third kappa shape index (κ3) is 3.99. The van der Waals surface area contributed by atoms with Crippen molar-refractivity contribution in [3.8, 4) is 0 Å². The molecule has 3 amide bonds. The van der Waals surface area contributed by atoms with E-state index in [0.717, 1.165) is 24.8 Å². The Morgan fingerprint density at radius 1 is 1.18 bits per heavy atom. The van der Waals surface area contributed by atoms with E-state index in [1.165, 1.54) is 5.06 Å². The molecule has 3 atom stereocenters. The molecular weight excluding hydrogens is 362 g/mol. The molecule has 0 aromatic heterocycles. The van der Waals surface area contributed by atoms with Crippen molar-refractivity contribution in [1.82, 2.24) is 15.4 Å². The first-order chi connectivity index (χ1) is 13.6. The monoisotopic (exact) mass is 389 g/mol. The summed E-state index contributed by atoms with van der Waals surface area (Å²) in [5, 5.41) is 1.45. The standard InChI is InChI=1S/C20H27N3O5/c1-14(15-5-3-2-4-6-15)28-23-16-7-8-18(22(13-16)20(23)25)19(24)21-27-17-9-11-26-12-10-17/h2-6,14,16-18H,7-13H2,1H3,(H,21,24)/t14-,16-,18-/m0/s1. The number of rotatable bonds is 6. The molecule has 3 aliphatic rings. The van der Waals surface area contributed by atoms with Crippen molar-refractivity contribution in [2.45, 2.75) is 56.9 Å². The van der Waals surface area contributed by atoms with Crippen molar-refractivity contribution in [3.63, 3.8) is 0 Å². The van der Waals surface area contributed by atoms with Gasteiger partial charge in [0.15, 0.2) is 0 Å². The number of carbonyl (C=O) groups is 2. The van der Waals surface area contributed by atoms with Crippen LogP contribution in [0.2, 0.25) is 0 Å². The minimum atomic E-state index is -0.524. The van der Waals surface area contributed by atoms with Crippen LogP contribution in [-0.2, 0) is 19.2 Å². The highest BCUT2D eigenvalue weighted by atomic mass is 16.7. The Bertz CT molecular complexity index is 694. The van der Waals surface area contributed by atoms with E-state index >= 15 is 0 Å². The zero-order valence-electron chi connectivity index (χ0n) is 16.1. The molecule has 1 aromatic rings. The highest BCUT2D eigenvalue weighted by molar-refractivity contribution is 5.88. The summed E-state index contributed by atoms with van der Waals surface area (Å²) in [4.78, 5) is 38.6. The number of benzene rings is 1. The van der Waals surface area contributed by atoms with E-state index < -0.39 is 6.04 Å². The molecule has 1 aromatic carbocycles. The normalized spacial score (nSPS) is 26.4. The molecule has 0 radical (unpaired) electrons. The number of hydroxylamine groups is 3. The largest absolute Gasteiger partial charge is 0.381 e.